The van der Waals surface area contributed by atoms with Gasteiger partial charge in [-0.3, -0.25) is 0 Å². The molecule has 5 heteroatoms. The molecule has 5 nitrogen and oxygen atoms in total. The summed E-state index contributed by atoms with van der Waals surface area (Å²) < 4.78 is 15.6. The first-order chi connectivity index (χ1) is 9.63. The number of ether oxygens (including phenoxy) is 3. The number of hydrogen-bond acceptors (Lipinski definition) is 5. The Balaban J connectivity index is 1.73. The Kier molecular flexibility index (Phi) is 3.18. The standard InChI is InChI=1S/C15H14O5/c1-9-6-13(15(17)19-9)20-14(16)11-7-10-4-2-3-5-12(10)18-8-11/h2-5,7,9,13H,6,8H2,1H3/t9-,13+/m1/s1. The zero-order chi connectivity index (χ0) is 14.1. The van der Waals surface area contributed by atoms with Crippen molar-refractivity contribution in [3.8, 4) is 5.75 Å². The highest BCUT2D eigenvalue weighted by atomic mass is 16.6. The van der Waals surface area contributed by atoms with Gasteiger partial charge in [0.2, 0.25) is 6.10 Å². The Bertz CT molecular complexity index is 590. The molecule has 0 radical (unpaired) electrons. The fourth-order valence-electron chi connectivity index (χ4n) is 2.26. The topological polar surface area (TPSA) is 61.8 Å². The van der Waals surface area contributed by atoms with Crippen LogP contribution in [0.3, 0.4) is 0 Å². The number of rotatable bonds is 2. The van der Waals surface area contributed by atoms with E-state index in [0.29, 0.717) is 12.0 Å². The molecule has 2 aliphatic rings. The summed E-state index contributed by atoms with van der Waals surface area (Å²) >= 11 is 0. The van der Waals surface area contributed by atoms with Crippen LogP contribution in [0.5, 0.6) is 5.75 Å². The Hall–Kier alpha value is -2.30. The summed E-state index contributed by atoms with van der Waals surface area (Å²) in [6.45, 7) is 1.91. The fourth-order valence-corrected chi connectivity index (χ4v) is 2.26. The van der Waals surface area contributed by atoms with Crippen LogP contribution in [0.1, 0.15) is 18.9 Å². The van der Waals surface area contributed by atoms with Crippen molar-refractivity contribution in [3.63, 3.8) is 0 Å². The van der Waals surface area contributed by atoms with Gasteiger partial charge in [0.25, 0.3) is 0 Å². The molecule has 2 heterocycles. The van der Waals surface area contributed by atoms with E-state index in [9.17, 15) is 9.59 Å². The van der Waals surface area contributed by atoms with Crippen molar-refractivity contribution < 1.29 is 23.8 Å². The molecule has 2 atom stereocenters. The highest BCUT2D eigenvalue weighted by molar-refractivity contribution is 5.96. The van der Waals surface area contributed by atoms with Crippen molar-refractivity contribution >= 4 is 18.0 Å². The van der Waals surface area contributed by atoms with Gasteiger partial charge in [0, 0.05) is 12.0 Å². The summed E-state index contributed by atoms with van der Waals surface area (Å²) in [5.74, 6) is -0.280. The van der Waals surface area contributed by atoms with Gasteiger partial charge in [-0.2, -0.15) is 0 Å². The van der Waals surface area contributed by atoms with E-state index in [1.54, 1.807) is 13.0 Å². The molecule has 1 saturated heterocycles. The minimum Gasteiger partial charge on any atom is -0.488 e. The van der Waals surface area contributed by atoms with Crippen molar-refractivity contribution in [3.05, 3.63) is 35.4 Å². The van der Waals surface area contributed by atoms with Crippen molar-refractivity contribution in [1.29, 1.82) is 0 Å². The highest BCUT2D eigenvalue weighted by Crippen LogP contribution is 2.27. The predicted octanol–water partition coefficient (Wildman–Crippen LogP) is 1.71. The lowest BCUT2D eigenvalue weighted by molar-refractivity contribution is -0.158. The number of fused-ring (bicyclic) bond motifs is 1. The number of benzene rings is 1. The summed E-state index contributed by atoms with van der Waals surface area (Å²) in [5.41, 5.74) is 1.23. The first-order valence-electron chi connectivity index (χ1n) is 6.47. The Morgan fingerprint density at radius 1 is 1.35 bits per heavy atom. The normalized spacial score (nSPS) is 24.2. The minimum atomic E-state index is -0.810. The van der Waals surface area contributed by atoms with E-state index in [-0.39, 0.29) is 12.7 Å². The molecule has 0 bridgehead atoms. The van der Waals surface area contributed by atoms with E-state index < -0.39 is 18.0 Å². The Morgan fingerprint density at radius 2 is 2.15 bits per heavy atom. The number of carbonyl (C=O) groups excluding carboxylic acids is 2. The first-order valence-corrected chi connectivity index (χ1v) is 6.47. The SMILES string of the molecule is C[C@@H]1C[C@H](OC(=O)C2=Cc3ccccc3OC2)C(=O)O1. The Labute approximate surface area is 116 Å². The molecule has 0 spiro atoms. The van der Waals surface area contributed by atoms with Gasteiger partial charge in [0.15, 0.2) is 0 Å². The summed E-state index contributed by atoms with van der Waals surface area (Å²) in [6, 6.07) is 7.42. The van der Waals surface area contributed by atoms with Crippen LogP contribution in [0.15, 0.2) is 29.8 Å². The fraction of sp³-hybridized carbons (Fsp3) is 0.333. The largest absolute Gasteiger partial charge is 0.488 e. The van der Waals surface area contributed by atoms with Crippen LogP contribution in [0.25, 0.3) is 6.08 Å². The number of esters is 2. The van der Waals surface area contributed by atoms with Gasteiger partial charge in [-0.15, -0.1) is 0 Å². The first kappa shape index (κ1) is 12.7. The molecular formula is C15H14O5. The third-order valence-electron chi connectivity index (χ3n) is 3.27. The van der Waals surface area contributed by atoms with Crippen LogP contribution in [0, 0.1) is 0 Å². The van der Waals surface area contributed by atoms with Crippen molar-refractivity contribution in [2.45, 2.75) is 25.6 Å². The quantitative estimate of drug-likeness (QED) is 0.768. The van der Waals surface area contributed by atoms with E-state index in [2.05, 4.69) is 0 Å². The van der Waals surface area contributed by atoms with Gasteiger partial charge in [-0.05, 0) is 19.1 Å². The van der Waals surface area contributed by atoms with E-state index in [1.165, 1.54) is 0 Å². The summed E-state index contributed by atoms with van der Waals surface area (Å²) in [4.78, 5) is 23.5. The van der Waals surface area contributed by atoms with E-state index in [0.717, 1.165) is 11.3 Å². The predicted molar refractivity (Wildman–Crippen MR) is 70.0 cm³/mol. The van der Waals surface area contributed by atoms with Crippen molar-refractivity contribution in [2.24, 2.45) is 0 Å². The van der Waals surface area contributed by atoms with E-state index >= 15 is 0 Å². The number of carbonyl (C=O) groups is 2. The lowest BCUT2D eigenvalue weighted by Gasteiger charge is -2.17. The summed E-state index contributed by atoms with van der Waals surface area (Å²) in [5, 5.41) is 0. The monoisotopic (exact) mass is 274 g/mol. The molecule has 0 unspecified atom stereocenters. The minimum absolute atomic E-state index is 0.146. The zero-order valence-electron chi connectivity index (χ0n) is 11.0. The smallest absolute Gasteiger partial charge is 0.347 e. The van der Waals surface area contributed by atoms with Gasteiger partial charge in [0.1, 0.15) is 18.5 Å². The van der Waals surface area contributed by atoms with Crippen LogP contribution < -0.4 is 4.74 Å². The average Bonchev–Trinajstić information content (AvgIpc) is 2.76. The maximum absolute atomic E-state index is 12.0. The van der Waals surface area contributed by atoms with Crippen LogP contribution in [0.2, 0.25) is 0 Å². The van der Waals surface area contributed by atoms with Crippen molar-refractivity contribution in [2.75, 3.05) is 6.61 Å². The lowest BCUT2D eigenvalue weighted by atomic mass is 10.1. The molecule has 2 aliphatic heterocycles. The number of cyclic esters (lactones) is 1. The molecule has 104 valence electrons. The summed E-state index contributed by atoms with van der Waals surface area (Å²) in [6.07, 6.45) is 1.10. The van der Waals surface area contributed by atoms with E-state index in [4.69, 9.17) is 14.2 Å². The maximum Gasteiger partial charge on any atom is 0.347 e. The number of para-hydroxylation sites is 1. The molecule has 1 aromatic carbocycles. The lowest BCUT2D eigenvalue weighted by Crippen LogP contribution is -2.26. The second-order valence-corrected chi connectivity index (χ2v) is 4.87. The molecule has 3 rings (SSSR count). The third kappa shape index (κ3) is 2.39. The van der Waals surface area contributed by atoms with Crippen molar-refractivity contribution in [1.82, 2.24) is 0 Å². The van der Waals surface area contributed by atoms with Gasteiger partial charge >= 0.3 is 11.9 Å². The van der Waals surface area contributed by atoms with E-state index in [1.807, 2.05) is 24.3 Å². The van der Waals surface area contributed by atoms with Gasteiger partial charge < -0.3 is 14.2 Å². The van der Waals surface area contributed by atoms with Crippen LogP contribution in [-0.4, -0.2) is 30.8 Å². The maximum atomic E-state index is 12.0. The zero-order valence-corrected chi connectivity index (χ0v) is 11.0. The summed E-state index contributed by atoms with van der Waals surface area (Å²) in [7, 11) is 0. The molecule has 1 fully saturated rings. The van der Waals surface area contributed by atoms with Crippen LogP contribution in [-0.2, 0) is 19.1 Å². The average molecular weight is 274 g/mol. The van der Waals surface area contributed by atoms with Gasteiger partial charge in [-0.1, -0.05) is 18.2 Å². The van der Waals surface area contributed by atoms with Crippen LogP contribution in [0.4, 0.5) is 0 Å². The second-order valence-electron chi connectivity index (χ2n) is 4.87. The molecule has 0 saturated carbocycles. The van der Waals surface area contributed by atoms with Gasteiger partial charge in [-0.25, -0.2) is 9.59 Å². The molecular weight excluding hydrogens is 260 g/mol. The Morgan fingerprint density at radius 3 is 2.90 bits per heavy atom. The molecule has 20 heavy (non-hydrogen) atoms. The third-order valence-corrected chi connectivity index (χ3v) is 3.27. The van der Waals surface area contributed by atoms with Crippen LogP contribution >= 0.6 is 0 Å². The molecule has 0 aromatic heterocycles. The molecule has 0 N–H and O–H groups in total. The molecule has 1 aromatic rings. The second kappa shape index (κ2) is 5.00. The highest BCUT2D eigenvalue weighted by Gasteiger charge is 2.35. The van der Waals surface area contributed by atoms with Gasteiger partial charge in [0.05, 0.1) is 5.57 Å². The molecule has 0 aliphatic carbocycles. The number of hydrogen-bond donors (Lipinski definition) is 0. The molecule has 0 amide bonds.